The summed E-state index contributed by atoms with van der Waals surface area (Å²) in [6.07, 6.45) is 5.92. The molecule has 2 nitrogen and oxygen atoms in total. The number of carbonyl (C=O) groups excluding carboxylic acids is 1. The molecule has 2 heteroatoms. The molecule has 100 valence electrons. The number of nitrogens with zero attached hydrogens (tertiary/aromatic N) is 1. The third-order valence-corrected chi connectivity index (χ3v) is 4.20. The lowest BCUT2D eigenvalue weighted by Gasteiger charge is -2.23. The second kappa shape index (κ2) is 5.44. The van der Waals surface area contributed by atoms with E-state index in [1.807, 2.05) is 18.2 Å². The van der Waals surface area contributed by atoms with Gasteiger partial charge in [-0.1, -0.05) is 61.4 Å². The number of rotatable bonds is 3. The van der Waals surface area contributed by atoms with Crippen molar-refractivity contribution in [3.05, 3.63) is 60.2 Å². The van der Waals surface area contributed by atoms with Gasteiger partial charge < -0.3 is 0 Å². The third kappa shape index (κ3) is 2.31. The Labute approximate surface area is 119 Å². The van der Waals surface area contributed by atoms with Gasteiger partial charge in [0.2, 0.25) is 6.08 Å². The van der Waals surface area contributed by atoms with Gasteiger partial charge in [-0.25, -0.2) is 4.79 Å². The molecule has 0 atom stereocenters. The molecule has 1 aliphatic rings. The minimum Gasteiger partial charge on any atom is -0.211 e. The first-order valence-corrected chi connectivity index (χ1v) is 7.09. The van der Waals surface area contributed by atoms with Crippen LogP contribution in [0.5, 0.6) is 0 Å². The van der Waals surface area contributed by atoms with Gasteiger partial charge in [-0.2, -0.15) is 4.99 Å². The molecule has 3 rings (SSSR count). The first kappa shape index (κ1) is 12.8. The van der Waals surface area contributed by atoms with Crippen LogP contribution in [0.3, 0.4) is 0 Å². The van der Waals surface area contributed by atoms with Crippen molar-refractivity contribution in [3.8, 4) is 11.1 Å². The van der Waals surface area contributed by atoms with Gasteiger partial charge in [-0.3, -0.25) is 0 Å². The smallest absolute Gasteiger partial charge is 0.211 e. The predicted molar refractivity (Wildman–Crippen MR) is 80.1 cm³/mol. The first-order chi connectivity index (χ1) is 9.84. The molecule has 1 aliphatic carbocycles. The Morgan fingerprint density at radius 2 is 1.60 bits per heavy atom. The molecule has 0 aliphatic heterocycles. The van der Waals surface area contributed by atoms with Gasteiger partial charge >= 0.3 is 0 Å². The van der Waals surface area contributed by atoms with Crippen molar-refractivity contribution in [2.45, 2.75) is 31.2 Å². The van der Waals surface area contributed by atoms with Crippen LogP contribution in [0.2, 0.25) is 0 Å². The molecule has 0 amide bonds. The fourth-order valence-electron chi connectivity index (χ4n) is 3.13. The molecule has 1 saturated carbocycles. The molecule has 0 radical (unpaired) electrons. The van der Waals surface area contributed by atoms with Gasteiger partial charge in [0.15, 0.2) is 0 Å². The summed E-state index contributed by atoms with van der Waals surface area (Å²) in [5.41, 5.74) is 3.17. The zero-order valence-corrected chi connectivity index (χ0v) is 11.4. The molecule has 2 aromatic carbocycles. The molecule has 20 heavy (non-hydrogen) atoms. The average Bonchev–Trinajstić information content (AvgIpc) is 2.99. The molecule has 0 bridgehead atoms. The first-order valence-electron chi connectivity index (χ1n) is 7.09. The van der Waals surface area contributed by atoms with Crippen molar-refractivity contribution < 1.29 is 4.79 Å². The number of isocyanates is 1. The van der Waals surface area contributed by atoms with Crippen LogP contribution in [-0.2, 0) is 10.3 Å². The number of benzene rings is 2. The molecule has 1 fully saturated rings. The third-order valence-electron chi connectivity index (χ3n) is 4.20. The fraction of sp³-hybridized carbons (Fsp3) is 0.278. The van der Waals surface area contributed by atoms with Crippen molar-refractivity contribution in [2.75, 3.05) is 0 Å². The van der Waals surface area contributed by atoms with E-state index in [0.29, 0.717) is 0 Å². The summed E-state index contributed by atoms with van der Waals surface area (Å²) in [6, 6.07) is 18.7. The van der Waals surface area contributed by atoms with Crippen molar-refractivity contribution in [1.82, 2.24) is 0 Å². The quantitative estimate of drug-likeness (QED) is 0.594. The van der Waals surface area contributed by atoms with Gasteiger partial charge in [-0.05, 0) is 35.6 Å². The molecule has 2 aromatic rings. The summed E-state index contributed by atoms with van der Waals surface area (Å²) >= 11 is 0. The summed E-state index contributed by atoms with van der Waals surface area (Å²) in [7, 11) is 0. The lowest BCUT2D eigenvalue weighted by atomic mass is 9.87. The van der Waals surface area contributed by atoms with Crippen LogP contribution in [0.1, 0.15) is 31.2 Å². The van der Waals surface area contributed by atoms with E-state index in [9.17, 15) is 4.79 Å². The van der Waals surface area contributed by atoms with E-state index in [2.05, 4.69) is 41.4 Å². The topological polar surface area (TPSA) is 29.4 Å². The molecule has 0 saturated heterocycles. The van der Waals surface area contributed by atoms with Gasteiger partial charge in [0.05, 0.1) is 5.54 Å². The van der Waals surface area contributed by atoms with Gasteiger partial charge in [0.25, 0.3) is 0 Å². The van der Waals surface area contributed by atoms with Crippen LogP contribution >= 0.6 is 0 Å². The zero-order chi connectivity index (χ0) is 13.8. The van der Waals surface area contributed by atoms with Gasteiger partial charge in [0.1, 0.15) is 0 Å². The largest absolute Gasteiger partial charge is 0.235 e. The number of hydrogen-bond acceptors (Lipinski definition) is 2. The fourth-order valence-corrected chi connectivity index (χ4v) is 3.13. The van der Waals surface area contributed by atoms with Crippen LogP contribution in [0.4, 0.5) is 0 Å². The normalized spacial score (nSPS) is 16.6. The molecule has 0 N–H and O–H groups in total. The summed E-state index contributed by atoms with van der Waals surface area (Å²) < 4.78 is 0. The van der Waals surface area contributed by atoms with Crippen molar-refractivity contribution >= 4 is 6.08 Å². The van der Waals surface area contributed by atoms with Crippen LogP contribution < -0.4 is 0 Å². The highest BCUT2D eigenvalue weighted by atomic mass is 16.1. The highest BCUT2D eigenvalue weighted by molar-refractivity contribution is 5.64. The summed E-state index contributed by atoms with van der Waals surface area (Å²) in [5, 5.41) is 0. The van der Waals surface area contributed by atoms with E-state index in [4.69, 9.17) is 0 Å². The van der Waals surface area contributed by atoms with Crippen LogP contribution in [0.25, 0.3) is 11.1 Å². The minimum atomic E-state index is -0.341. The van der Waals surface area contributed by atoms with E-state index in [-0.39, 0.29) is 5.54 Å². The zero-order valence-electron chi connectivity index (χ0n) is 11.4. The second-order valence-corrected chi connectivity index (χ2v) is 5.39. The van der Waals surface area contributed by atoms with Gasteiger partial charge in [-0.15, -0.1) is 0 Å². The van der Waals surface area contributed by atoms with Crippen molar-refractivity contribution in [1.29, 1.82) is 0 Å². The Bertz CT molecular complexity index is 635. The number of aliphatic imine (C=N–C) groups is 1. The van der Waals surface area contributed by atoms with Crippen LogP contribution in [0.15, 0.2) is 59.6 Å². The molecule has 0 aromatic heterocycles. The van der Waals surface area contributed by atoms with E-state index in [0.717, 1.165) is 31.2 Å². The van der Waals surface area contributed by atoms with Gasteiger partial charge in [0, 0.05) is 0 Å². The Balaban J connectivity index is 2.05. The monoisotopic (exact) mass is 263 g/mol. The maximum atomic E-state index is 10.8. The minimum absolute atomic E-state index is 0.341. The molecule has 0 heterocycles. The maximum Gasteiger partial charge on any atom is 0.235 e. The number of hydrogen-bond donors (Lipinski definition) is 0. The Morgan fingerprint density at radius 1 is 0.900 bits per heavy atom. The molecule has 0 spiro atoms. The lowest BCUT2D eigenvalue weighted by Crippen LogP contribution is -2.18. The van der Waals surface area contributed by atoms with E-state index >= 15 is 0 Å². The lowest BCUT2D eigenvalue weighted by molar-refractivity contribution is 0.456. The standard InChI is InChI=1S/C18H17NO/c20-14-19-18(11-4-5-12-18)17-10-6-9-16(13-17)15-7-2-1-3-8-15/h1-3,6-10,13H,4-5,11-12H2. The molecular formula is C18H17NO. The SMILES string of the molecule is O=C=NC1(c2cccc(-c3ccccc3)c2)CCCC1. The Hall–Kier alpha value is -2.18. The maximum absolute atomic E-state index is 10.8. The molecular weight excluding hydrogens is 246 g/mol. The highest BCUT2D eigenvalue weighted by Gasteiger charge is 2.35. The summed E-state index contributed by atoms with van der Waals surface area (Å²) in [5.74, 6) is 0. The van der Waals surface area contributed by atoms with Crippen LogP contribution in [-0.4, -0.2) is 6.08 Å². The predicted octanol–water partition coefficient (Wildman–Crippen LogP) is 4.46. The van der Waals surface area contributed by atoms with E-state index < -0.39 is 0 Å². The summed E-state index contributed by atoms with van der Waals surface area (Å²) in [6.45, 7) is 0. The van der Waals surface area contributed by atoms with Crippen molar-refractivity contribution in [3.63, 3.8) is 0 Å². The van der Waals surface area contributed by atoms with Crippen LogP contribution in [0, 0.1) is 0 Å². The summed E-state index contributed by atoms with van der Waals surface area (Å²) in [4.78, 5) is 15.0. The Morgan fingerprint density at radius 3 is 2.30 bits per heavy atom. The Kier molecular flexibility index (Phi) is 3.49. The molecule has 0 unspecified atom stereocenters. The highest BCUT2D eigenvalue weighted by Crippen LogP contribution is 2.42. The van der Waals surface area contributed by atoms with E-state index in [1.165, 1.54) is 11.1 Å². The van der Waals surface area contributed by atoms with E-state index in [1.54, 1.807) is 6.08 Å². The van der Waals surface area contributed by atoms with Crippen molar-refractivity contribution in [2.24, 2.45) is 4.99 Å². The second-order valence-electron chi connectivity index (χ2n) is 5.39. The average molecular weight is 263 g/mol.